The van der Waals surface area contributed by atoms with E-state index >= 15 is 0 Å². The summed E-state index contributed by atoms with van der Waals surface area (Å²) in [5.41, 5.74) is -3.71. The highest BCUT2D eigenvalue weighted by Crippen LogP contribution is 2.32. The molecule has 1 rings (SSSR count). The highest BCUT2D eigenvalue weighted by atomic mass is 19.2. The van der Waals surface area contributed by atoms with Gasteiger partial charge in [0.25, 0.3) is 0 Å². The lowest BCUT2D eigenvalue weighted by molar-refractivity contribution is 0.00571. The van der Waals surface area contributed by atoms with E-state index in [1.54, 1.807) is 0 Å². The van der Waals surface area contributed by atoms with Crippen LogP contribution in [0, 0.1) is 23.3 Å². The molecule has 0 aromatic heterocycles. The predicted octanol–water partition coefficient (Wildman–Crippen LogP) is 1.99. The monoisotopic (exact) mass is 353 g/mol. The highest BCUT2D eigenvalue weighted by molar-refractivity contribution is 5.91. The quantitative estimate of drug-likeness (QED) is 0.465. The Labute approximate surface area is 136 Å². The average Bonchev–Trinajstić information content (AvgIpc) is 2.44. The van der Waals surface area contributed by atoms with E-state index in [1.165, 1.54) is 20.8 Å². The molecule has 0 amide bonds. The smallest absolute Gasteiger partial charge is 0.344 e. The Balaban J connectivity index is 3.47. The van der Waals surface area contributed by atoms with E-state index in [4.69, 9.17) is 14.9 Å². The van der Waals surface area contributed by atoms with Crippen LogP contribution in [0.3, 0.4) is 0 Å². The summed E-state index contributed by atoms with van der Waals surface area (Å²) in [4.78, 5) is 12.5. The molecule has 0 saturated carbocycles. The van der Waals surface area contributed by atoms with Gasteiger partial charge in [-0.25, -0.2) is 22.4 Å². The van der Waals surface area contributed by atoms with Crippen LogP contribution in [0.15, 0.2) is 0 Å². The number of benzene rings is 1. The second-order valence-corrected chi connectivity index (χ2v) is 5.92. The number of hydrogen-bond donors (Lipinski definition) is 2. The van der Waals surface area contributed by atoms with Gasteiger partial charge in [0.15, 0.2) is 23.3 Å². The Morgan fingerprint density at radius 1 is 0.958 bits per heavy atom. The average molecular weight is 353 g/mol. The van der Waals surface area contributed by atoms with Gasteiger partial charge in [0, 0.05) is 13.1 Å². The van der Waals surface area contributed by atoms with E-state index in [1.807, 2.05) is 0 Å². The minimum Gasteiger partial charge on any atom is -0.456 e. The molecule has 0 aliphatic rings. The second-order valence-electron chi connectivity index (χ2n) is 5.92. The first kappa shape index (κ1) is 20.2. The van der Waals surface area contributed by atoms with Crippen molar-refractivity contribution in [2.24, 2.45) is 0 Å². The SMILES string of the molecule is CC(C)(C)OC(=O)c1c(F)c(F)c(N(CCO)CCO)c(F)c1F. The Bertz CT molecular complexity index is 581. The summed E-state index contributed by atoms with van der Waals surface area (Å²) in [6, 6.07) is 0. The Morgan fingerprint density at radius 2 is 1.38 bits per heavy atom. The number of hydrogen-bond acceptors (Lipinski definition) is 5. The Hall–Kier alpha value is -1.87. The van der Waals surface area contributed by atoms with E-state index in [2.05, 4.69) is 0 Å². The molecule has 0 unspecified atom stereocenters. The molecule has 0 bridgehead atoms. The first-order valence-electron chi connectivity index (χ1n) is 7.11. The van der Waals surface area contributed by atoms with Crippen LogP contribution in [0.2, 0.25) is 0 Å². The zero-order chi connectivity index (χ0) is 18.7. The molecule has 24 heavy (non-hydrogen) atoms. The van der Waals surface area contributed by atoms with Crippen molar-refractivity contribution in [3.05, 3.63) is 28.8 Å². The van der Waals surface area contributed by atoms with E-state index < -0.39 is 59.3 Å². The van der Waals surface area contributed by atoms with Gasteiger partial charge in [0.1, 0.15) is 16.9 Å². The molecule has 9 heteroatoms. The maximum atomic E-state index is 14.2. The molecule has 0 spiro atoms. The highest BCUT2D eigenvalue weighted by Gasteiger charge is 2.33. The zero-order valence-electron chi connectivity index (χ0n) is 13.5. The van der Waals surface area contributed by atoms with Gasteiger partial charge in [0.2, 0.25) is 0 Å². The van der Waals surface area contributed by atoms with Gasteiger partial charge in [-0.2, -0.15) is 0 Å². The molecule has 0 fully saturated rings. The van der Waals surface area contributed by atoms with Crippen LogP contribution in [0.5, 0.6) is 0 Å². The number of ether oxygens (including phenoxy) is 1. The van der Waals surface area contributed by atoms with Crippen LogP contribution in [0.4, 0.5) is 23.2 Å². The Kier molecular flexibility index (Phi) is 6.56. The topological polar surface area (TPSA) is 70.0 Å². The maximum Gasteiger partial charge on any atom is 0.344 e. The third kappa shape index (κ3) is 4.35. The summed E-state index contributed by atoms with van der Waals surface area (Å²) in [7, 11) is 0. The molecule has 0 saturated heterocycles. The van der Waals surface area contributed by atoms with Crippen LogP contribution in [-0.4, -0.2) is 48.1 Å². The lowest BCUT2D eigenvalue weighted by Crippen LogP contribution is -2.33. The van der Waals surface area contributed by atoms with E-state index in [0.29, 0.717) is 0 Å². The molecule has 0 aliphatic carbocycles. The molecule has 0 heterocycles. The zero-order valence-corrected chi connectivity index (χ0v) is 13.5. The van der Waals surface area contributed by atoms with Crippen LogP contribution in [-0.2, 0) is 4.74 Å². The van der Waals surface area contributed by atoms with Gasteiger partial charge in [-0.15, -0.1) is 0 Å². The summed E-state index contributed by atoms with van der Waals surface area (Å²) in [6.07, 6.45) is 0. The third-order valence-electron chi connectivity index (χ3n) is 2.90. The number of halogens is 4. The lowest BCUT2D eigenvalue weighted by Gasteiger charge is -2.25. The summed E-state index contributed by atoms with van der Waals surface area (Å²) < 4.78 is 61.4. The standard InChI is InChI=1S/C15H19F4NO4/c1-15(2,3)24-14(23)8-9(16)11(18)13(12(19)10(8)17)20(4-6-21)5-7-22/h21-22H,4-7H2,1-3H3. The molecular weight excluding hydrogens is 334 g/mol. The van der Waals surface area contributed by atoms with Crippen molar-refractivity contribution in [3.63, 3.8) is 0 Å². The fraction of sp³-hybridized carbons (Fsp3) is 0.533. The van der Waals surface area contributed by atoms with Gasteiger partial charge in [-0.05, 0) is 20.8 Å². The van der Waals surface area contributed by atoms with Crippen molar-refractivity contribution < 1.29 is 37.3 Å². The number of nitrogens with zero attached hydrogens (tertiary/aromatic N) is 1. The van der Waals surface area contributed by atoms with Crippen LogP contribution in [0.1, 0.15) is 31.1 Å². The number of aliphatic hydroxyl groups excluding tert-OH is 2. The van der Waals surface area contributed by atoms with Gasteiger partial charge >= 0.3 is 5.97 Å². The van der Waals surface area contributed by atoms with Crippen molar-refractivity contribution in [2.45, 2.75) is 26.4 Å². The van der Waals surface area contributed by atoms with Gasteiger partial charge in [-0.1, -0.05) is 0 Å². The van der Waals surface area contributed by atoms with Gasteiger partial charge in [0.05, 0.1) is 13.2 Å². The largest absolute Gasteiger partial charge is 0.456 e. The summed E-state index contributed by atoms with van der Waals surface area (Å²) in [5, 5.41) is 17.8. The number of carbonyl (C=O) groups is 1. The summed E-state index contributed by atoms with van der Waals surface area (Å²) in [6.45, 7) is 2.37. The van der Waals surface area contributed by atoms with Crippen molar-refractivity contribution in [3.8, 4) is 0 Å². The van der Waals surface area contributed by atoms with Crippen molar-refractivity contribution in [2.75, 3.05) is 31.2 Å². The van der Waals surface area contributed by atoms with Crippen molar-refractivity contribution in [1.29, 1.82) is 0 Å². The van der Waals surface area contributed by atoms with E-state index in [0.717, 1.165) is 4.90 Å². The molecule has 136 valence electrons. The lowest BCUT2D eigenvalue weighted by atomic mass is 10.1. The molecule has 2 N–H and O–H groups in total. The van der Waals surface area contributed by atoms with Crippen LogP contribution < -0.4 is 4.90 Å². The number of carbonyl (C=O) groups excluding carboxylic acids is 1. The number of anilines is 1. The summed E-state index contributed by atoms with van der Waals surface area (Å²) >= 11 is 0. The molecule has 0 radical (unpaired) electrons. The minimum absolute atomic E-state index is 0.376. The molecular formula is C15H19F4NO4. The molecule has 5 nitrogen and oxygen atoms in total. The predicted molar refractivity (Wildman–Crippen MR) is 77.8 cm³/mol. The molecule has 1 aromatic carbocycles. The van der Waals surface area contributed by atoms with Gasteiger partial charge in [-0.3, -0.25) is 0 Å². The fourth-order valence-electron chi connectivity index (χ4n) is 1.98. The summed E-state index contributed by atoms with van der Waals surface area (Å²) in [5.74, 6) is -8.97. The second kappa shape index (κ2) is 7.80. The fourth-order valence-corrected chi connectivity index (χ4v) is 1.98. The maximum absolute atomic E-state index is 14.2. The molecule has 1 aromatic rings. The van der Waals surface area contributed by atoms with E-state index in [9.17, 15) is 22.4 Å². The first-order valence-corrected chi connectivity index (χ1v) is 7.11. The third-order valence-corrected chi connectivity index (χ3v) is 2.90. The van der Waals surface area contributed by atoms with Crippen molar-refractivity contribution >= 4 is 11.7 Å². The normalized spacial score (nSPS) is 11.5. The van der Waals surface area contributed by atoms with Crippen LogP contribution >= 0.6 is 0 Å². The number of aliphatic hydroxyl groups is 2. The van der Waals surface area contributed by atoms with Crippen molar-refractivity contribution in [1.82, 2.24) is 0 Å². The molecule has 0 atom stereocenters. The van der Waals surface area contributed by atoms with Crippen LogP contribution in [0.25, 0.3) is 0 Å². The first-order chi connectivity index (χ1) is 11.0. The van der Waals surface area contributed by atoms with E-state index in [-0.39, 0.29) is 13.1 Å². The minimum atomic E-state index is -1.90. The number of rotatable bonds is 6. The van der Waals surface area contributed by atoms with Gasteiger partial charge < -0.3 is 19.8 Å². The molecule has 0 aliphatic heterocycles. The Morgan fingerprint density at radius 3 is 1.71 bits per heavy atom. The number of esters is 1.